The monoisotopic (exact) mass is 261 g/mol. The molecule has 1 heteroatoms. The van der Waals surface area contributed by atoms with Crippen LogP contribution in [0.2, 0.25) is 0 Å². The Morgan fingerprint density at radius 3 is 2.37 bits per heavy atom. The van der Waals surface area contributed by atoms with Crippen LogP contribution in [0.25, 0.3) is 0 Å². The number of hydrogen-bond acceptors (Lipinski definition) is 1. The molecule has 0 saturated heterocycles. The largest absolute Gasteiger partial charge is 0.313 e. The fourth-order valence-corrected chi connectivity index (χ4v) is 2.65. The van der Waals surface area contributed by atoms with E-state index in [4.69, 9.17) is 0 Å². The Morgan fingerprint density at radius 1 is 1.05 bits per heavy atom. The zero-order valence-electron chi connectivity index (χ0n) is 13.4. The lowest BCUT2D eigenvalue weighted by molar-refractivity contribution is 0.352. The third-order valence-electron chi connectivity index (χ3n) is 4.11. The third kappa shape index (κ3) is 5.36. The molecule has 1 aromatic rings. The Balaban J connectivity index is 2.71. The van der Waals surface area contributed by atoms with Gasteiger partial charge in [0.15, 0.2) is 0 Å². The van der Waals surface area contributed by atoms with E-state index in [1.807, 2.05) is 0 Å². The summed E-state index contributed by atoms with van der Waals surface area (Å²) >= 11 is 0. The minimum atomic E-state index is 0.613. The number of benzene rings is 1. The second kappa shape index (κ2) is 8.37. The summed E-state index contributed by atoms with van der Waals surface area (Å²) < 4.78 is 0. The summed E-state index contributed by atoms with van der Waals surface area (Å²) in [7, 11) is 0. The minimum Gasteiger partial charge on any atom is -0.313 e. The lowest BCUT2D eigenvalue weighted by Gasteiger charge is -2.25. The number of rotatable bonds is 8. The van der Waals surface area contributed by atoms with Gasteiger partial charge in [0.05, 0.1) is 0 Å². The average Bonchev–Trinajstić information content (AvgIpc) is 2.39. The van der Waals surface area contributed by atoms with Crippen molar-refractivity contribution in [3.8, 4) is 0 Å². The molecular formula is C18H31N. The Morgan fingerprint density at radius 2 is 1.79 bits per heavy atom. The van der Waals surface area contributed by atoms with Gasteiger partial charge in [-0.15, -0.1) is 0 Å². The van der Waals surface area contributed by atoms with Crippen LogP contribution in [0, 0.1) is 19.8 Å². The molecule has 2 unspecified atom stereocenters. The topological polar surface area (TPSA) is 12.0 Å². The van der Waals surface area contributed by atoms with E-state index in [9.17, 15) is 0 Å². The molecule has 0 aliphatic heterocycles. The number of aryl methyl sites for hydroxylation is 2. The number of hydrogen-bond donors (Lipinski definition) is 1. The molecule has 1 aromatic carbocycles. The zero-order valence-corrected chi connectivity index (χ0v) is 13.4. The maximum absolute atomic E-state index is 3.74. The van der Waals surface area contributed by atoms with Gasteiger partial charge in [-0.3, -0.25) is 0 Å². The molecule has 0 fully saturated rings. The highest BCUT2D eigenvalue weighted by Gasteiger charge is 2.16. The van der Waals surface area contributed by atoms with Crippen molar-refractivity contribution in [2.24, 2.45) is 5.92 Å². The van der Waals surface area contributed by atoms with Gasteiger partial charge >= 0.3 is 0 Å². The van der Waals surface area contributed by atoms with Crippen molar-refractivity contribution in [2.75, 3.05) is 6.54 Å². The van der Waals surface area contributed by atoms with Crippen molar-refractivity contribution < 1.29 is 0 Å². The molecule has 2 atom stereocenters. The minimum absolute atomic E-state index is 0.613. The van der Waals surface area contributed by atoms with Crippen molar-refractivity contribution in [1.82, 2.24) is 5.32 Å². The first-order valence-corrected chi connectivity index (χ1v) is 7.88. The third-order valence-corrected chi connectivity index (χ3v) is 4.11. The van der Waals surface area contributed by atoms with Crippen molar-refractivity contribution in [1.29, 1.82) is 0 Å². The normalized spacial score (nSPS) is 14.4. The van der Waals surface area contributed by atoms with Crippen LogP contribution in [0.15, 0.2) is 18.2 Å². The molecule has 108 valence electrons. The van der Waals surface area contributed by atoms with Crippen LogP contribution in [-0.2, 0) is 6.42 Å². The lowest BCUT2D eigenvalue weighted by atomic mass is 9.90. The van der Waals surface area contributed by atoms with Gasteiger partial charge in [0.2, 0.25) is 0 Å². The van der Waals surface area contributed by atoms with Gasteiger partial charge in [-0.1, -0.05) is 45.4 Å². The molecule has 1 nitrogen and oxygen atoms in total. The smallest absolute Gasteiger partial charge is 0.0133 e. The van der Waals surface area contributed by atoms with Gasteiger partial charge < -0.3 is 5.32 Å². The molecule has 0 bridgehead atoms. The summed E-state index contributed by atoms with van der Waals surface area (Å²) in [6.45, 7) is 12.4. The predicted molar refractivity (Wildman–Crippen MR) is 85.8 cm³/mol. The molecule has 0 aromatic heterocycles. The van der Waals surface area contributed by atoms with Gasteiger partial charge in [-0.05, 0) is 62.3 Å². The van der Waals surface area contributed by atoms with Gasteiger partial charge in [0.1, 0.15) is 0 Å². The second-order valence-electron chi connectivity index (χ2n) is 5.95. The van der Waals surface area contributed by atoms with Crippen LogP contribution in [0.1, 0.15) is 56.7 Å². The number of nitrogens with one attached hydrogen (secondary N) is 1. The van der Waals surface area contributed by atoms with E-state index in [0.717, 1.165) is 18.9 Å². The molecule has 0 saturated carbocycles. The quantitative estimate of drug-likeness (QED) is 0.718. The Labute approximate surface area is 119 Å². The maximum atomic E-state index is 3.74. The first-order valence-electron chi connectivity index (χ1n) is 7.88. The fourth-order valence-electron chi connectivity index (χ4n) is 2.65. The summed E-state index contributed by atoms with van der Waals surface area (Å²) in [6, 6.07) is 7.52. The van der Waals surface area contributed by atoms with Crippen LogP contribution in [0.5, 0.6) is 0 Å². The standard InChI is InChI=1S/C18H31N/c1-6-8-15(4)18(19-11-7-2)13-17-10-9-14(3)16(5)12-17/h9-10,12,15,18-19H,6-8,11,13H2,1-5H3. The summed E-state index contributed by atoms with van der Waals surface area (Å²) in [6.07, 6.45) is 4.95. The molecular weight excluding hydrogens is 230 g/mol. The average molecular weight is 261 g/mol. The second-order valence-corrected chi connectivity index (χ2v) is 5.95. The van der Waals surface area contributed by atoms with Crippen LogP contribution in [0.3, 0.4) is 0 Å². The highest BCUT2D eigenvalue weighted by molar-refractivity contribution is 5.30. The van der Waals surface area contributed by atoms with E-state index in [1.54, 1.807) is 0 Å². The molecule has 0 radical (unpaired) electrons. The first kappa shape index (κ1) is 16.2. The van der Waals surface area contributed by atoms with E-state index in [0.29, 0.717) is 6.04 Å². The van der Waals surface area contributed by atoms with Gasteiger partial charge in [-0.2, -0.15) is 0 Å². The Bertz CT molecular complexity index is 370. The predicted octanol–water partition coefficient (Wildman–Crippen LogP) is 4.65. The molecule has 0 aliphatic rings. The molecule has 1 N–H and O–H groups in total. The molecule has 1 rings (SSSR count). The highest BCUT2D eigenvalue weighted by Crippen LogP contribution is 2.17. The SMILES string of the molecule is CCCNC(Cc1ccc(C)c(C)c1)C(C)CCC. The highest BCUT2D eigenvalue weighted by atomic mass is 14.9. The Kier molecular flexibility index (Phi) is 7.15. The van der Waals surface area contributed by atoms with E-state index in [2.05, 4.69) is 58.1 Å². The lowest BCUT2D eigenvalue weighted by Crippen LogP contribution is -2.37. The van der Waals surface area contributed by atoms with Crippen molar-refractivity contribution >= 4 is 0 Å². The summed E-state index contributed by atoms with van der Waals surface area (Å²) in [4.78, 5) is 0. The summed E-state index contributed by atoms with van der Waals surface area (Å²) in [5, 5.41) is 3.74. The molecule has 19 heavy (non-hydrogen) atoms. The van der Waals surface area contributed by atoms with Crippen LogP contribution >= 0.6 is 0 Å². The van der Waals surface area contributed by atoms with Crippen LogP contribution < -0.4 is 5.32 Å². The van der Waals surface area contributed by atoms with Crippen molar-refractivity contribution in [3.05, 3.63) is 34.9 Å². The molecule has 0 amide bonds. The molecule has 0 heterocycles. The van der Waals surface area contributed by atoms with Gasteiger partial charge in [0, 0.05) is 6.04 Å². The maximum Gasteiger partial charge on any atom is 0.0133 e. The van der Waals surface area contributed by atoms with Crippen LogP contribution in [-0.4, -0.2) is 12.6 Å². The van der Waals surface area contributed by atoms with E-state index in [-0.39, 0.29) is 0 Å². The van der Waals surface area contributed by atoms with Crippen molar-refractivity contribution in [2.45, 2.75) is 66.3 Å². The summed E-state index contributed by atoms with van der Waals surface area (Å²) in [5.74, 6) is 0.748. The summed E-state index contributed by atoms with van der Waals surface area (Å²) in [5.41, 5.74) is 4.28. The van der Waals surface area contributed by atoms with Crippen molar-refractivity contribution in [3.63, 3.8) is 0 Å². The molecule has 0 aliphatic carbocycles. The van der Waals surface area contributed by atoms with E-state index >= 15 is 0 Å². The fraction of sp³-hybridized carbons (Fsp3) is 0.667. The Hall–Kier alpha value is -0.820. The van der Waals surface area contributed by atoms with Gasteiger partial charge in [-0.25, -0.2) is 0 Å². The molecule has 0 spiro atoms. The zero-order chi connectivity index (χ0) is 14.3. The van der Waals surface area contributed by atoms with E-state index < -0.39 is 0 Å². The van der Waals surface area contributed by atoms with E-state index in [1.165, 1.54) is 36.0 Å². The first-order chi connectivity index (χ1) is 9.08. The van der Waals surface area contributed by atoms with Crippen LogP contribution in [0.4, 0.5) is 0 Å². The van der Waals surface area contributed by atoms with Gasteiger partial charge in [0.25, 0.3) is 0 Å².